The summed E-state index contributed by atoms with van der Waals surface area (Å²) in [5.41, 5.74) is 8.00. The van der Waals surface area contributed by atoms with Gasteiger partial charge in [-0.3, -0.25) is 4.79 Å². The van der Waals surface area contributed by atoms with E-state index in [2.05, 4.69) is 15.3 Å². The number of nitrogens with two attached hydrogens (primary N) is 1. The largest absolute Gasteiger partial charge is 0.391 e. The summed E-state index contributed by atoms with van der Waals surface area (Å²) in [6.45, 7) is 0. The number of aliphatic hydroxyl groups is 1. The van der Waals surface area contributed by atoms with Crippen LogP contribution in [0.2, 0.25) is 0 Å². The van der Waals surface area contributed by atoms with Crippen LogP contribution in [0.4, 0.5) is 0 Å². The average Bonchev–Trinajstić information content (AvgIpc) is 3.22. The second kappa shape index (κ2) is 5.81. The lowest BCUT2D eigenvalue weighted by Gasteiger charge is -2.31. The van der Waals surface area contributed by atoms with Crippen molar-refractivity contribution in [3.05, 3.63) is 41.4 Å². The topological polar surface area (TPSA) is 107 Å². The fraction of sp³-hybridized carbons (Fsp3) is 0.250. The minimum atomic E-state index is -0.462. The van der Waals surface area contributed by atoms with Gasteiger partial charge in [-0.1, -0.05) is 17.3 Å². The number of rotatable bonds is 4. The van der Waals surface area contributed by atoms with Crippen LogP contribution in [0.3, 0.4) is 0 Å². The van der Waals surface area contributed by atoms with E-state index in [1.165, 1.54) is 11.3 Å². The standard InChI is InChI=1S/C16H15N5O2S/c17-15(23)9-2-1-3-10(6-9)16-18-12(8-24-16)11-7-21(20-19-11)13-4-5-14(13)22/h1-3,6-8,13-14,22H,4-5H2,(H2,17,23)/t13-,14-/m1/s1. The van der Waals surface area contributed by atoms with Crippen LogP contribution in [0.15, 0.2) is 35.8 Å². The highest BCUT2D eigenvalue weighted by atomic mass is 32.1. The Morgan fingerprint density at radius 2 is 2.21 bits per heavy atom. The Bertz CT molecular complexity index is 903. The minimum Gasteiger partial charge on any atom is -0.391 e. The van der Waals surface area contributed by atoms with E-state index in [-0.39, 0.29) is 12.1 Å². The molecule has 3 N–H and O–H groups in total. The summed E-state index contributed by atoms with van der Waals surface area (Å²) in [6, 6.07) is 7.08. The molecule has 1 aromatic carbocycles. The summed E-state index contributed by atoms with van der Waals surface area (Å²) in [5, 5.41) is 20.7. The zero-order chi connectivity index (χ0) is 16.7. The number of benzene rings is 1. The number of thiazole rings is 1. The van der Waals surface area contributed by atoms with Crippen molar-refractivity contribution >= 4 is 17.2 Å². The molecule has 0 unspecified atom stereocenters. The van der Waals surface area contributed by atoms with Gasteiger partial charge in [0, 0.05) is 16.5 Å². The molecule has 3 aromatic rings. The number of hydrogen-bond acceptors (Lipinski definition) is 6. The Morgan fingerprint density at radius 3 is 2.92 bits per heavy atom. The molecule has 122 valence electrons. The van der Waals surface area contributed by atoms with Gasteiger partial charge in [-0.15, -0.1) is 16.4 Å². The van der Waals surface area contributed by atoms with Crippen LogP contribution >= 0.6 is 11.3 Å². The number of nitrogens with zero attached hydrogens (tertiary/aromatic N) is 4. The molecule has 0 spiro atoms. The molecule has 1 amide bonds. The van der Waals surface area contributed by atoms with E-state index in [1.54, 1.807) is 22.9 Å². The average molecular weight is 341 g/mol. The number of primary amides is 1. The van der Waals surface area contributed by atoms with Gasteiger partial charge in [-0.2, -0.15) is 0 Å². The summed E-state index contributed by atoms with van der Waals surface area (Å²) < 4.78 is 1.70. The van der Waals surface area contributed by atoms with Gasteiger partial charge >= 0.3 is 0 Å². The van der Waals surface area contributed by atoms with Crippen LogP contribution in [-0.4, -0.2) is 37.1 Å². The van der Waals surface area contributed by atoms with E-state index in [0.29, 0.717) is 11.3 Å². The zero-order valence-electron chi connectivity index (χ0n) is 12.7. The molecule has 2 atom stereocenters. The fourth-order valence-corrected chi connectivity index (χ4v) is 3.47. The van der Waals surface area contributed by atoms with Crippen molar-refractivity contribution in [3.63, 3.8) is 0 Å². The Labute approximate surface area is 141 Å². The van der Waals surface area contributed by atoms with Crippen molar-refractivity contribution in [1.29, 1.82) is 0 Å². The summed E-state index contributed by atoms with van der Waals surface area (Å²) >= 11 is 1.47. The Morgan fingerprint density at radius 1 is 1.33 bits per heavy atom. The number of carbonyl (C=O) groups is 1. The number of amides is 1. The van der Waals surface area contributed by atoms with Crippen molar-refractivity contribution in [3.8, 4) is 22.0 Å². The van der Waals surface area contributed by atoms with Gasteiger partial charge in [-0.25, -0.2) is 9.67 Å². The summed E-state index contributed by atoms with van der Waals surface area (Å²) in [7, 11) is 0. The molecule has 8 heteroatoms. The third-order valence-electron chi connectivity index (χ3n) is 4.21. The minimum absolute atomic E-state index is 0.0107. The fourth-order valence-electron chi connectivity index (χ4n) is 2.66. The highest BCUT2D eigenvalue weighted by Gasteiger charge is 2.31. The van der Waals surface area contributed by atoms with E-state index < -0.39 is 5.91 Å². The first-order valence-electron chi connectivity index (χ1n) is 7.58. The molecule has 4 rings (SSSR count). The third-order valence-corrected chi connectivity index (χ3v) is 5.10. The van der Waals surface area contributed by atoms with Gasteiger partial charge < -0.3 is 10.8 Å². The molecule has 0 radical (unpaired) electrons. The highest BCUT2D eigenvalue weighted by molar-refractivity contribution is 7.13. The quantitative estimate of drug-likeness (QED) is 0.753. The lowest BCUT2D eigenvalue weighted by Crippen LogP contribution is -2.33. The maximum absolute atomic E-state index is 11.3. The molecule has 2 aromatic heterocycles. The zero-order valence-corrected chi connectivity index (χ0v) is 13.5. The SMILES string of the molecule is NC(=O)c1cccc(-c2nc(-c3cn([C@@H]4CC[C@H]4O)nn3)cs2)c1. The lowest BCUT2D eigenvalue weighted by molar-refractivity contribution is 0.0244. The van der Waals surface area contributed by atoms with Crippen LogP contribution in [0, 0.1) is 0 Å². The molecule has 1 aliphatic rings. The predicted molar refractivity (Wildman–Crippen MR) is 89.4 cm³/mol. The normalized spacial score (nSPS) is 19.9. The smallest absolute Gasteiger partial charge is 0.248 e. The van der Waals surface area contributed by atoms with Gasteiger partial charge in [0.05, 0.1) is 18.3 Å². The van der Waals surface area contributed by atoms with Crippen LogP contribution < -0.4 is 5.73 Å². The maximum Gasteiger partial charge on any atom is 0.248 e. The summed E-state index contributed by atoms with van der Waals surface area (Å²) in [4.78, 5) is 15.9. The van der Waals surface area contributed by atoms with Gasteiger partial charge in [0.2, 0.25) is 5.91 Å². The monoisotopic (exact) mass is 341 g/mol. The van der Waals surface area contributed by atoms with Gasteiger partial charge in [-0.05, 0) is 25.0 Å². The molecule has 0 bridgehead atoms. The van der Waals surface area contributed by atoms with Gasteiger partial charge in [0.15, 0.2) is 0 Å². The van der Waals surface area contributed by atoms with Crippen molar-refractivity contribution in [2.75, 3.05) is 0 Å². The molecule has 0 aliphatic heterocycles. The van der Waals surface area contributed by atoms with Crippen LogP contribution in [-0.2, 0) is 0 Å². The lowest BCUT2D eigenvalue weighted by atomic mass is 9.89. The molecule has 1 aliphatic carbocycles. The van der Waals surface area contributed by atoms with Crippen molar-refractivity contribution in [1.82, 2.24) is 20.0 Å². The highest BCUT2D eigenvalue weighted by Crippen LogP contribution is 2.33. The summed E-state index contributed by atoms with van der Waals surface area (Å²) in [5.74, 6) is -0.462. The van der Waals surface area contributed by atoms with Crippen molar-refractivity contribution in [2.24, 2.45) is 5.73 Å². The molecular weight excluding hydrogens is 326 g/mol. The Hall–Kier alpha value is -2.58. The summed E-state index contributed by atoms with van der Waals surface area (Å²) in [6.07, 6.45) is 3.18. The van der Waals surface area contributed by atoms with Crippen LogP contribution in [0.5, 0.6) is 0 Å². The van der Waals surface area contributed by atoms with Gasteiger partial charge in [0.25, 0.3) is 0 Å². The Balaban J connectivity index is 1.61. The third kappa shape index (κ3) is 2.59. The maximum atomic E-state index is 11.3. The van der Waals surface area contributed by atoms with Crippen molar-refractivity contribution < 1.29 is 9.90 Å². The van der Waals surface area contributed by atoms with E-state index in [0.717, 1.165) is 29.1 Å². The first-order valence-corrected chi connectivity index (χ1v) is 8.46. The number of aliphatic hydroxyl groups excluding tert-OH is 1. The molecule has 1 fully saturated rings. The van der Waals surface area contributed by atoms with Crippen LogP contribution in [0.25, 0.3) is 22.0 Å². The second-order valence-corrected chi connectivity index (χ2v) is 6.64. The van der Waals surface area contributed by atoms with E-state index >= 15 is 0 Å². The molecule has 2 heterocycles. The number of carbonyl (C=O) groups excluding carboxylic acids is 1. The van der Waals surface area contributed by atoms with Crippen LogP contribution in [0.1, 0.15) is 29.2 Å². The molecule has 0 saturated heterocycles. The first-order chi connectivity index (χ1) is 11.6. The second-order valence-electron chi connectivity index (χ2n) is 5.78. The van der Waals surface area contributed by atoms with E-state index in [4.69, 9.17) is 5.73 Å². The van der Waals surface area contributed by atoms with Gasteiger partial charge in [0.1, 0.15) is 16.4 Å². The number of aromatic nitrogens is 4. The molecule has 24 heavy (non-hydrogen) atoms. The van der Waals surface area contributed by atoms with E-state index in [9.17, 15) is 9.90 Å². The molecule has 7 nitrogen and oxygen atoms in total. The number of hydrogen-bond donors (Lipinski definition) is 2. The Kier molecular flexibility index (Phi) is 3.62. The molecular formula is C16H15N5O2S. The predicted octanol–water partition coefficient (Wildman–Crippen LogP) is 1.86. The first kappa shape index (κ1) is 15.0. The molecule has 1 saturated carbocycles. The van der Waals surface area contributed by atoms with Crippen molar-refractivity contribution in [2.45, 2.75) is 25.0 Å². The van der Waals surface area contributed by atoms with E-state index in [1.807, 2.05) is 17.6 Å².